The predicted molar refractivity (Wildman–Crippen MR) is 126 cm³/mol. The van der Waals surface area contributed by atoms with E-state index in [1.165, 1.54) is 0 Å². The van der Waals surface area contributed by atoms with Gasteiger partial charge < -0.3 is 9.47 Å². The Morgan fingerprint density at radius 2 is 1.85 bits per heavy atom. The highest BCUT2D eigenvalue weighted by molar-refractivity contribution is 6.30. The number of carbonyl (C=O) groups excluding carboxylic acids is 3. The summed E-state index contributed by atoms with van der Waals surface area (Å²) in [5.41, 5.74) is 0.913. The number of rotatable bonds is 6. The zero-order chi connectivity index (χ0) is 24.0. The highest BCUT2D eigenvalue weighted by Gasteiger charge is 2.48. The Kier molecular flexibility index (Phi) is 7.92. The van der Waals surface area contributed by atoms with Gasteiger partial charge in [-0.1, -0.05) is 66.2 Å². The van der Waals surface area contributed by atoms with E-state index in [1.54, 1.807) is 26.8 Å². The van der Waals surface area contributed by atoms with Crippen LogP contribution in [0.25, 0.3) is 6.08 Å². The van der Waals surface area contributed by atoms with Crippen LogP contribution in [0, 0.1) is 5.92 Å². The van der Waals surface area contributed by atoms with E-state index in [0.717, 1.165) is 16.0 Å². The highest BCUT2D eigenvalue weighted by atomic mass is 35.5. The Labute approximate surface area is 199 Å². The van der Waals surface area contributed by atoms with Gasteiger partial charge in [-0.25, -0.2) is 14.5 Å². The lowest BCUT2D eigenvalue weighted by Crippen LogP contribution is -2.46. The molecular formula is C26H28ClNO5. The fourth-order valence-electron chi connectivity index (χ4n) is 3.56. The largest absolute Gasteiger partial charge is 0.459 e. The first-order chi connectivity index (χ1) is 15.6. The summed E-state index contributed by atoms with van der Waals surface area (Å²) in [4.78, 5) is 39.6. The first kappa shape index (κ1) is 24.5. The van der Waals surface area contributed by atoms with E-state index in [2.05, 4.69) is 0 Å². The van der Waals surface area contributed by atoms with E-state index in [1.807, 2.05) is 60.7 Å². The minimum atomic E-state index is -1.03. The van der Waals surface area contributed by atoms with E-state index in [0.29, 0.717) is 11.4 Å². The monoisotopic (exact) mass is 469 g/mol. The van der Waals surface area contributed by atoms with Crippen molar-refractivity contribution in [3.05, 3.63) is 76.8 Å². The smallest absolute Gasteiger partial charge is 0.417 e. The van der Waals surface area contributed by atoms with Gasteiger partial charge in [-0.2, -0.15) is 0 Å². The Morgan fingerprint density at radius 3 is 2.52 bits per heavy atom. The summed E-state index contributed by atoms with van der Waals surface area (Å²) in [7, 11) is 0. The highest BCUT2D eigenvalue weighted by Crippen LogP contribution is 2.31. The van der Waals surface area contributed by atoms with E-state index in [4.69, 9.17) is 21.1 Å². The molecule has 174 valence electrons. The lowest BCUT2D eigenvalue weighted by atomic mass is 10.0. The van der Waals surface area contributed by atoms with Gasteiger partial charge in [-0.15, -0.1) is 0 Å². The fraction of sp³-hybridized carbons (Fsp3) is 0.346. The minimum Gasteiger partial charge on any atom is -0.459 e. The summed E-state index contributed by atoms with van der Waals surface area (Å²) < 4.78 is 10.8. The van der Waals surface area contributed by atoms with E-state index in [-0.39, 0.29) is 13.0 Å². The predicted octanol–water partition coefficient (Wildman–Crippen LogP) is 5.64. The normalized spacial score (nSPS) is 18.5. The number of carbonyl (C=O) groups is 3. The lowest BCUT2D eigenvalue weighted by molar-refractivity contribution is -0.152. The average Bonchev–Trinajstić information content (AvgIpc) is 3.08. The van der Waals surface area contributed by atoms with Gasteiger partial charge in [0.1, 0.15) is 18.2 Å². The molecule has 0 N–H and O–H groups in total. The first-order valence-corrected chi connectivity index (χ1v) is 11.2. The van der Waals surface area contributed by atoms with E-state index >= 15 is 0 Å². The van der Waals surface area contributed by atoms with Crippen LogP contribution in [0.2, 0.25) is 5.02 Å². The molecule has 1 aliphatic heterocycles. The van der Waals surface area contributed by atoms with Gasteiger partial charge in [0, 0.05) is 10.9 Å². The second-order valence-corrected chi connectivity index (χ2v) is 9.36. The van der Waals surface area contributed by atoms with Gasteiger partial charge in [0.25, 0.3) is 0 Å². The zero-order valence-corrected chi connectivity index (χ0v) is 19.7. The van der Waals surface area contributed by atoms with Crippen molar-refractivity contribution < 1.29 is 23.9 Å². The summed E-state index contributed by atoms with van der Waals surface area (Å²) in [6.07, 6.45) is 3.41. The first-order valence-electron chi connectivity index (χ1n) is 10.8. The Balaban J connectivity index is 1.73. The van der Waals surface area contributed by atoms with Crippen LogP contribution in [0.15, 0.2) is 60.7 Å². The standard InChI is InChI=1S/C26H28ClNO5/c1-26(2,3)33-25(31)28-22(24(30)32-17-19-9-5-4-6-10-19)16-20(23(28)29)13-7-11-18-12-8-14-21(27)15-18/h4-12,14-15,20,22H,13,16-17H2,1-3H3/b11-7+/t20-,22+/m1/s1. The number of amides is 2. The maximum Gasteiger partial charge on any atom is 0.417 e. The molecular weight excluding hydrogens is 442 g/mol. The molecule has 1 saturated heterocycles. The van der Waals surface area contributed by atoms with Crippen LogP contribution in [0.5, 0.6) is 0 Å². The van der Waals surface area contributed by atoms with Crippen molar-refractivity contribution in [1.82, 2.24) is 4.90 Å². The molecule has 0 aromatic heterocycles. The van der Waals surface area contributed by atoms with Crippen LogP contribution in [-0.2, 0) is 25.7 Å². The molecule has 1 heterocycles. The Bertz CT molecular complexity index is 1030. The van der Waals surface area contributed by atoms with E-state index < -0.39 is 35.5 Å². The number of halogens is 1. The number of ether oxygens (including phenoxy) is 2. The molecule has 0 saturated carbocycles. The second-order valence-electron chi connectivity index (χ2n) is 8.92. The molecule has 2 atom stereocenters. The summed E-state index contributed by atoms with van der Waals surface area (Å²) in [5.74, 6) is -1.61. The van der Waals surface area contributed by atoms with Crippen LogP contribution < -0.4 is 0 Å². The summed E-state index contributed by atoms with van der Waals surface area (Å²) in [6.45, 7) is 5.18. The molecule has 0 aliphatic carbocycles. The van der Waals surface area contributed by atoms with Crippen molar-refractivity contribution in [2.45, 2.75) is 51.9 Å². The van der Waals surface area contributed by atoms with Crippen molar-refractivity contribution in [1.29, 1.82) is 0 Å². The second kappa shape index (κ2) is 10.7. The van der Waals surface area contributed by atoms with Gasteiger partial charge in [0.05, 0.1) is 0 Å². The van der Waals surface area contributed by atoms with Crippen LogP contribution in [-0.4, -0.2) is 34.5 Å². The molecule has 1 aliphatic rings. The van der Waals surface area contributed by atoms with Gasteiger partial charge >= 0.3 is 12.1 Å². The number of allylic oxidation sites excluding steroid dienone is 1. The number of likely N-dealkylation sites (tertiary alicyclic amines) is 1. The Hall–Kier alpha value is -3.12. The van der Waals surface area contributed by atoms with Crippen molar-refractivity contribution >= 4 is 35.6 Å². The summed E-state index contributed by atoms with van der Waals surface area (Å²) >= 11 is 6.01. The third-order valence-electron chi connectivity index (χ3n) is 5.07. The molecule has 33 heavy (non-hydrogen) atoms. The number of nitrogens with zero attached hydrogens (tertiary/aromatic N) is 1. The van der Waals surface area contributed by atoms with Crippen LogP contribution in [0.3, 0.4) is 0 Å². The summed E-state index contributed by atoms with van der Waals surface area (Å²) in [5, 5.41) is 0.617. The molecule has 6 nitrogen and oxygen atoms in total. The van der Waals surface area contributed by atoms with Gasteiger partial charge in [0.15, 0.2) is 0 Å². The number of esters is 1. The fourth-order valence-corrected chi connectivity index (χ4v) is 3.76. The van der Waals surface area contributed by atoms with Crippen LogP contribution in [0.1, 0.15) is 44.7 Å². The third kappa shape index (κ3) is 6.93. The molecule has 0 unspecified atom stereocenters. The van der Waals surface area contributed by atoms with Crippen molar-refractivity contribution in [3.63, 3.8) is 0 Å². The number of hydrogen-bond acceptors (Lipinski definition) is 5. The molecule has 2 aromatic carbocycles. The molecule has 2 aromatic rings. The minimum absolute atomic E-state index is 0.0614. The molecule has 0 spiro atoms. The number of hydrogen-bond donors (Lipinski definition) is 0. The maximum atomic E-state index is 13.1. The number of imide groups is 1. The van der Waals surface area contributed by atoms with Gasteiger partial charge in [0.2, 0.25) is 5.91 Å². The van der Waals surface area contributed by atoms with Crippen molar-refractivity contribution in [2.24, 2.45) is 5.92 Å². The zero-order valence-electron chi connectivity index (χ0n) is 19.0. The molecule has 1 fully saturated rings. The van der Waals surface area contributed by atoms with Crippen molar-refractivity contribution in [3.8, 4) is 0 Å². The third-order valence-corrected chi connectivity index (χ3v) is 5.31. The average molecular weight is 470 g/mol. The van der Waals surface area contributed by atoms with Crippen molar-refractivity contribution in [2.75, 3.05) is 0 Å². The molecule has 0 radical (unpaired) electrons. The number of benzene rings is 2. The molecule has 7 heteroatoms. The molecule has 0 bridgehead atoms. The molecule has 2 amide bonds. The topological polar surface area (TPSA) is 72.9 Å². The van der Waals surface area contributed by atoms with Gasteiger partial charge in [-0.3, -0.25) is 4.79 Å². The SMILES string of the molecule is CC(C)(C)OC(=O)N1C(=O)[C@H](C/C=C/c2cccc(Cl)c2)C[C@H]1C(=O)OCc1ccccc1. The maximum absolute atomic E-state index is 13.1. The Morgan fingerprint density at radius 1 is 1.12 bits per heavy atom. The van der Waals surface area contributed by atoms with E-state index in [9.17, 15) is 14.4 Å². The van der Waals surface area contributed by atoms with Crippen LogP contribution in [0.4, 0.5) is 4.79 Å². The lowest BCUT2D eigenvalue weighted by Gasteiger charge is -2.26. The molecule has 3 rings (SSSR count). The summed E-state index contributed by atoms with van der Waals surface area (Å²) in [6, 6.07) is 15.5. The quantitative estimate of drug-likeness (QED) is 0.512. The van der Waals surface area contributed by atoms with Crippen LogP contribution >= 0.6 is 11.6 Å². The van der Waals surface area contributed by atoms with Gasteiger partial charge in [-0.05, 0) is 56.9 Å².